The molecule has 0 radical (unpaired) electrons. The Bertz CT molecular complexity index is 2820. The van der Waals surface area contributed by atoms with E-state index in [0.717, 1.165) is 38.6 Å². The average molecular weight is 653 g/mol. The summed E-state index contributed by atoms with van der Waals surface area (Å²) in [5.74, 6) is 1.97. The van der Waals surface area contributed by atoms with Crippen LogP contribution >= 0.6 is 0 Å². The van der Waals surface area contributed by atoms with Gasteiger partial charge in [0, 0.05) is 0 Å². The fraction of sp³-hybridized carbons (Fsp3) is 0. The molecular weight excluding hydrogens is 629 g/mol. The van der Waals surface area contributed by atoms with E-state index >= 15 is 0 Å². The standard InChI is InChI=1S/C41H23N3OSe/c1-2-11-25(12-3-1)39-42-40(27-20-21-34-31(23-27)29-14-6-8-16-33(29)45-34)44-41(43-39)32-22-26-19-18-24-10-4-5-13-28(24)36(26)38-37(32)30-15-7-9-17-35(30)46-38/h1-23H. The molecule has 10 rings (SSSR count). The molecule has 0 spiro atoms. The minimum atomic E-state index is 0.149. The van der Waals surface area contributed by atoms with Gasteiger partial charge in [0.15, 0.2) is 0 Å². The molecule has 4 nitrogen and oxygen atoms in total. The minimum absolute atomic E-state index is 0.149. The normalized spacial score (nSPS) is 11.9. The molecule has 0 unspecified atom stereocenters. The summed E-state index contributed by atoms with van der Waals surface area (Å²) in [7, 11) is 0. The zero-order valence-electron chi connectivity index (χ0n) is 24.4. The molecule has 46 heavy (non-hydrogen) atoms. The predicted octanol–water partition coefficient (Wildman–Crippen LogP) is 10.4. The fourth-order valence-electron chi connectivity index (χ4n) is 6.76. The summed E-state index contributed by atoms with van der Waals surface area (Å²) in [6, 6.07) is 48.8. The van der Waals surface area contributed by atoms with Crippen molar-refractivity contribution in [2.24, 2.45) is 0 Å². The van der Waals surface area contributed by atoms with Crippen LogP contribution in [0, 0.1) is 0 Å². The Kier molecular flexibility index (Phi) is 5.56. The Labute approximate surface area is 269 Å². The molecule has 0 fully saturated rings. The van der Waals surface area contributed by atoms with Crippen LogP contribution in [0.3, 0.4) is 0 Å². The van der Waals surface area contributed by atoms with E-state index in [-0.39, 0.29) is 14.5 Å². The molecule has 3 aromatic heterocycles. The van der Waals surface area contributed by atoms with Crippen LogP contribution < -0.4 is 0 Å². The predicted molar refractivity (Wildman–Crippen MR) is 190 cm³/mol. The van der Waals surface area contributed by atoms with Crippen molar-refractivity contribution in [3.8, 4) is 34.2 Å². The Morgan fingerprint density at radius 2 is 1.11 bits per heavy atom. The molecule has 0 aliphatic heterocycles. The van der Waals surface area contributed by atoms with Gasteiger partial charge in [-0.05, 0) is 0 Å². The number of hydrogen-bond acceptors (Lipinski definition) is 4. The molecule has 3 heterocycles. The van der Waals surface area contributed by atoms with Crippen molar-refractivity contribution < 1.29 is 4.42 Å². The summed E-state index contributed by atoms with van der Waals surface area (Å²) in [6.45, 7) is 0. The maximum absolute atomic E-state index is 6.13. The third kappa shape index (κ3) is 3.89. The summed E-state index contributed by atoms with van der Waals surface area (Å²) in [6.07, 6.45) is 0. The van der Waals surface area contributed by atoms with Crippen LogP contribution in [-0.2, 0) is 0 Å². The number of aromatic nitrogens is 3. The van der Waals surface area contributed by atoms with Crippen LogP contribution in [0.1, 0.15) is 0 Å². The molecule has 0 amide bonds. The topological polar surface area (TPSA) is 51.8 Å². The monoisotopic (exact) mass is 653 g/mol. The van der Waals surface area contributed by atoms with E-state index in [1.165, 1.54) is 40.8 Å². The van der Waals surface area contributed by atoms with Crippen LogP contribution in [-0.4, -0.2) is 29.5 Å². The molecule has 0 aliphatic rings. The third-order valence-electron chi connectivity index (χ3n) is 8.90. The molecule has 0 N–H and O–H groups in total. The van der Waals surface area contributed by atoms with Crippen molar-refractivity contribution in [1.29, 1.82) is 0 Å². The Morgan fingerprint density at radius 3 is 2.00 bits per heavy atom. The first kappa shape index (κ1) is 25.7. The zero-order chi connectivity index (χ0) is 30.2. The SMILES string of the molecule is c1ccc(-c2nc(-c3ccc4oc5ccccc5c4c3)nc(-c3cc4ccc5ccccc5c4c4[se]c5ccccc5c34)n2)cc1. The van der Waals surface area contributed by atoms with E-state index in [0.29, 0.717) is 17.5 Å². The number of hydrogen-bond donors (Lipinski definition) is 0. The summed E-state index contributed by atoms with van der Waals surface area (Å²) in [5.41, 5.74) is 4.64. The average Bonchev–Trinajstić information content (AvgIpc) is 3.70. The number of fused-ring (bicyclic) bond motifs is 10. The van der Waals surface area contributed by atoms with Crippen LogP contribution in [0.5, 0.6) is 0 Å². The van der Waals surface area contributed by atoms with Gasteiger partial charge in [-0.2, -0.15) is 0 Å². The molecule has 0 atom stereocenters. The molecule has 7 aromatic carbocycles. The van der Waals surface area contributed by atoms with Crippen LogP contribution in [0.15, 0.2) is 144 Å². The molecule has 0 saturated carbocycles. The molecule has 0 saturated heterocycles. The summed E-state index contributed by atoms with van der Waals surface area (Å²) in [5, 5.41) is 9.73. The zero-order valence-corrected chi connectivity index (χ0v) is 26.2. The van der Waals surface area contributed by atoms with Crippen molar-refractivity contribution in [1.82, 2.24) is 15.0 Å². The second-order valence-corrected chi connectivity index (χ2v) is 13.8. The number of benzene rings is 7. The molecule has 0 aliphatic carbocycles. The van der Waals surface area contributed by atoms with Gasteiger partial charge < -0.3 is 0 Å². The van der Waals surface area contributed by atoms with Gasteiger partial charge in [-0.3, -0.25) is 0 Å². The first-order chi connectivity index (χ1) is 22.8. The Balaban J connectivity index is 1.30. The molecule has 5 heteroatoms. The number of nitrogens with zero attached hydrogens (tertiary/aromatic N) is 3. The van der Waals surface area contributed by atoms with Gasteiger partial charge in [0.25, 0.3) is 0 Å². The molecule has 214 valence electrons. The molecular formula is C41H23N3OSe. The number of rotatable bonds is 3. The van der Waals surface area contributed by atoms with Gasteiger partial charge in [-0.15, -0.1) is 0 Å². The van der Waals surface area contributed by atoms with Gasteiger partial charge in [0.05, 0.1) is 0 Å². The third-order valence-corrected chi connectivity index (χ3v) is 11.4. The Morgan fingerprint density at radius 1 is 0.435 bits per heavy atom. The first-order valence-electron chi connectivity index (χ1n) is 15.3. The van der Waals surface area contributed by atoms with E-state index < -0.39 is 0 Å². The molecule has 0 bridgehead atoms. The second-order valence-electron chi connectivity index (χ2n) is 11.6. The van der Waals surface area contributed by atoms with Gasteiger partial charge in [-0.25, -0.2) is 0 Å². The quantitative estimate of drug-likeness (QED) is 0.141. The van der Waals surface area contributed by atoms with E-state index in [1.807, 2.05) is 48.5 Å². The number of furan rings is 1. The fourth-order valence-corrected chi connectivity index (χ4v) is 9.49. The van der Waals surface area contributed by atoms with E-state index in [4.69, 9.17) is 19.4 Å². The first-order valence-corrected chi connectivity index (χ1v) is 17.0. The van der Waals surface area contributed by atoms with Crippen molar-refractivity contribution in [3.05, 3.63) is 140 Å². The van der Waals surface area contributed by atoms with Crippen LogP contribution in [0.4, 0.5) is 0 Å². The van der Waals surface area contributed by atoms with Crippen molar-refractivity contribution in [2.45, 2.75) is 0 Å². The Hall–Kier alpha value is -5.61. The second kappa shape index (κ2) is 9.95. The van der Waals surface area contributed by atoms with Crippen molar-refractivity contribution in [2.75, 3.05) is 0 Å². The van der Waals surface area contributed by atoms with E-state index in [1.54, 1.807) is 0 Å². The summed E-state index contributed by atoms with van der Waals surface area (Å²) < 4.78 is 8.92. The van der Waals surface area contributed by atoms with Gasteiger partial charge in [-0.1, -0.05) is 6.07 Å². The van der Waals surface area contributed by atoms with Gasteiger partial charge >= 0.3 is 264 Å². The van der Waals surface area contributed by atoms with Gasteiger partial charge in [0.2, 0.25) is 0 Å². The van der Waals surface area contributed by atoms with Crippen molar-refractivity contribution >= 4 is 77.3 Å². The number of para-hydroxylation sites is 1. The van der Waals surface area contributed by atoms with Crippen molar-refractivity contribution in [3.63, 3.8) is 0 Å². The molecule has 10 aromatic rings. The maximum atomic E-state index is 6.13. The summed E-state index contributed by atoms with van der Waals surface area (Å²) in [4.78, 5) is 15.5. The van der Waals surface area contributed by atoms with E-state index in [2.05, 4.69) is 91.0 Å². The van der Waals surface area contributed by atoms with E-state index in [9.17, 15) is 0 Å². The van der Waals surface area contributed by atoms with Gasteiger partial charge in [0.1, 0.15) is 0 Å². The van der Waals surface area contributed by atoms with Crippen LogP contribution in [0.2, 0.25) is 0 Å². The summed E-state index contributed by atoms with van der Waals surface area (Å²) >= 11 is 0.149. The van der Waals surface area contributed by atoms with Crippen LogP contribution in [0.25, 0.3) is 96.9 Å².